The highest BCUT2D eigenvalue weighted by atomic mass is 32.2. The average Bonchev–Trinajstić information content (AvgIpc) is 3.26. The van der Waals surface area contributed by atoms with E-state index in [1.807, 2.05) is 61.6 Å². The van der Waals surface area contributed by atoms with Crippen LogP contribution in [0.1, 0.15) is 30.9 Å². The summed E-state index contributed by atoms with van der Waals surface area (Å²) in [5.74, 6) is 0.475. The first-order valence-corrected chi connectivity index (χ1v) is 12.2. The molecule has 0 aliphatic carbocycles. The number of nitrogens with zero attached hydrogens (tertiary/aromatic N) is 6. The van der Waals surface area contributed by atoms with Crippen molar-refractivity contribution in [3.05, 3.63) is 63.9 Å². The molecular weight excluding hydrogens is 448 g/mol. The summed E-state index contributed by atoms with van der Waals surface area (Å²) >= 11 is 1.28. The molecule has 0 unspecified atom stereocenters. The van der Waals surface area contributed by atoms with Crippen molar-refractivity contribution in [3.8, 4) is 6.07 Å². The van der Waals surface area contributed by atoms with Crippen LogP contribution in [0, 0.1) is 25.2 Å². The third kappa shape index (κ3) is 4.41. The van der Waals surface area contributed by atoms with E-state index in [2.05, 4.69) is 16.3 Å². The zero-order chi connectivity index (χ0) is 24.2. The van der Waals surface area contributed by atoms with E-state index in [1.165, 1.54) is 11.8 Å². The van der Waals surface area contributed by atoms with Crippen molar-refractivity contribution in [2.75, 3.05) is 17.2 Å². The molecule has 9 heteroatoms. The molecule has 0 saturated carbocycles. The van der Waals surface area contributed by atoms with Crippen LogP contribution in [-0.2, 0) is 11.3 Å². The molecule has 0 fully saturated rings. The molecule has 0 radical (unpaired) electrons. The number of rotatable bonds is 8. The number of hydrogen-bond donors (Lipinski definition) is 0. The van der Waals surface area contributed by atoms with Gasteiger partial charge in [0, 0.05) is 18.8 Å². The van der Waals surface area contributed by atoms with Gasteiger partial charge in [-0.1, -0.05) is 36.9 Å². The minimum absolute atomic E-state index is 0.0950. The molecule has 174 valence electrons. The maximum atomic E-state index is 13.2. The second kappa shape index (κ2) is 10.1. The summed E-state index contributed by atoms with van der Waals surface area (Å²) in [6.07, 6.45) is 1.02. The molecule has 0 N–H and O–H groups in total. The number of anilines is 1. The number of nitriles is 1. The molecule has 4 aromatic rings. The first-order valence-electron chi connectivity index (χ1n) is 11.2. The molecule has 0 bridgehead atoms. The van der Waals surface area contributed by atoms with Gasteiger partial charge in [0.2, 0.25) is 11.7 Å². The number of fused-ring (bicyclic) bond motifs is 3. The number of thioether (sulfide) groups is 1. The Balaban J connectivity index is 1.68. The van der Waals surface area contributed by atoms with Crippen LogP contribution in [0.2, 0.25) is 0 Å². The van der Waals surface area contributed by atoms with E-state index in [1.54, 1.807) is 15.5 Å². The van der Waals surface area contributed by atoms with Crippen molar-refractivity contribution in [2.45, 2.75) is 45.3 Å². The van der Waals surface area contributed by atoms with Gasteiger partial charge >= 0.3 is 0 Å². The maximum Gasteiger partial charge on any atom is 0.262 e. The van der Waals surface area contributed by atoms with Crippen LogP contribution in [0.25, 0.3) is 16.7 Å². The fraction of sp³-hybridized carbons (Fsp3) is 0.320. The minimum Gasteiger partial charge on any atom is -0.311 e. The lowest BCUT2D eigenvalue weighted by Crippen LogP contribution is -2.33. The monoisotopic (exact) mass is 474 g/mol. The van der Waals surface area contributed by atoms with Gasteiger partial charge in [-0.3, -0.25) is 18.6 Å². The Hall–Kier alpha value is -3.64. The van der Waals surface area contributed by atoms with Crippen molar-refractivity contribution in [2.24, 2.45) is 0 Å². The second-order valence-electron chi connectivity index (χ2n) is 8.10. The standard InChI is InChI=1S/C25H26N6O2S/c1-4-13-30-23(33)20-8-5-6-9-21(20)31-24(30)27-28-25(31)34-16-22(32)29(14-7-12-26)19-11-10-17(2)18(3)15-19/h5-6,8-11,15H,4,7,13-14,16H2,1-3H3. The molecule has 1 amide bonds. The molecule has 0 aliphatic heterocycles. The number of carbonyl (C=O) groups is 1. The van der Waals surface area contributed by atoms with Gasteiger partial charge in [0.15, 0.2) is 5.16 Å². The van der Waals surface area contributed by atoms with E-state index >= 15 is 0 Å². The number of aromatic nitrogens is 4. The average molecular weight is 475 g/mol. The Kier molecular flexibility index (Phi) is 6.98. The van der Waals surface area contributed by atoms with Gasteiger partial charge in [0.25, 0.3) is 5.56 Å². The van der Waals surface area contributed by atoms with Crippen LogP contribution in [0.5, 0.6) is 0 Å². The summed E-state index contributed by atoms with van der Waals surface area (Å²) in [6.45, 7) is 6.88. The van der Waals surface area contributed by atoms with E-state index < -0.39 is 0 Å². The summed E-state index contributed by atoms with van der Waals surface area (Å²) in [6, 6.07) is 15.4. The molecule has 2 aromatic carbocycles. The molecule has 34 heavy (non-hydrogen) atoms. The molecule has 0 spiro atoms. The van der Waals surface area contributed by atoms with E-state index in [0.717, 1.165) is 23.2 Å². The maximum absolute atomic E-state index is 13.2. The lowest BCUT2D eigenvalue weighted by Gasteiger charge is -2.22. The zero-order valence-electron chi connectivity index (χ0n) is 19.5. The Bertz CT molecular complexity index is 1470. The van der Waals surface area contributed by atoms with Gasteiger partial charge in [-0.25, -0.2) is 0 Å². The number of benzene rings is 2. The van der Waals surface area contributed by atoms with Crippen LogP contribution >= 0.6 is 11.8 Å². The van der Waals surface area contributed by atoms with Gasteiger partial charge < -0.3 is 4.90 Å². The number of hydrogen-bond acceptors (Lipinski definition) is 6. The molecule has 8 nitrogen and oxygen atoms in total. The van der Waals surface area contributed by atoms with E-state index in [-0.39, 0.29) is 23.6 Å². The first kappa shape index (κ1) is 23.5. The smallest absolute Gasteiger partial charge is 0.262 e. The molecule has 2 aromatic heterocycles. The molecular formula is C25H26N6O2S. The van der Waals surface area contributed by atoms with E-state index in [9.17, 15) is 9.59 Å². The van der Waals surface area contributed by atoms with Crippen molar-refractivity contribution < 1.29 is 4.79 Å². The van der Waals surface area contributed by atoms with Crippen LogP contribution in [0.4, 0.5) is 5.69 Å². The fourth-order valence-corrected chi connectivity index (χ4v) is 4.73. The summed E-state index contributed by atoms with van der Waals surface area (Å²) in [4.78, 5) is 27.9. The molecule has 0 atom stereocenters. The van der Waals surface area contributed by atoms with Gasteiger partial charge in [-0.05, 0) is 55.7 Å². The molecule has 0 saturated heterocycles. The highest BCUT2D eigenvalue weighted by Gasteiger charge is 2.20. The lowest BCUT2D eigenvalue weighted by molar-refractivity contribution is -0.116. The summed E-state index contributed by atoms with van der Waals surface area (Å²) in [5, 5.41) is 18.8. The quantitative estimate of drug-likeness (QED) is 0.357. The predicted molar refractivity (Wildman–Crippen MR) is 134 cm³/mol. The van der Waals surface area contributed by atoms with Crippen molar-refractivity contribution >= 4 is 40.0 Å². The summed E-state index contributed by atoms with van der Waals surface area (Å²) in [7, 11) is 0. The highest BCUT2D eigenvalue weighted by molar-refractivity contribution is 7.99. The van der Waals surface area contributed by atoms with Gasteiger partial charge in [0.05, 0.1) is 29.1 Å². The van der Waals surface area contributed by atoms with Crippen LogP contribution in [0.15, 0.2) is 52.4 Å². The SMILES string of the molecule is CCCn1c(=O)c2ccccc2n2c(SCC(=O)N(CCC#N)c3ccc(C)c(C)c3)nnc12. The molecule has 4 rings (SSSR count). The largest absolute Gasteiger partial charge is 0.311 e. The van der Waals surface area contributed by atoms with Crippen molar-refractivity contribution in [1.82, 2.24) is 19.2 Å². The molecule has 2 heterocycles. The summed E-state index contributed by atoms with van der Waals surface area (Å²) < 4.78 is 3.48. The lowest BCUT2D eigenvalue weighted by atomic mass is 10.1. The minimum atomic E-state index is -0.119. The third-order valence-corrected chi connectivity index (χ3v) is 6.71. The van der Waals surface area contributed by atoms with E-state index in [4.69, 9.17) is 5.26 Å². The zero-order valence-corrected chi connectivity index (χ0v) is 20.3. The van der Waals surface area contributed by atoms with Gasteiger partial charge in [-0.15, -0.1) is 10.2 Å². The number of carbonyl (C=O) groups excluding carboxylic acids is 1. The Labute approximate surface area is 201 Å². The Morgan fingerprint density at radius 1 is 1.15 bits per heavy atom. The summed E-state index contributed by atoms with van der Waals surface area (Å²) in [5.41, 5.74) is 3.62. The normalized spacial score (nSPS) is 11.1. The Morgan fingerprint density at radius 2 is 1.94 bits per heavy atom. The number of amides is 1. The van der Waals surface area contributed by atoms with Gasteiger partial charge in [-0.2, -0.15) is 5.26 Å². The van der Waals surface area contributed by atoms with Gasteiger partial charge in [0.1, 0.15) is 0 Å². The number of para-hydroxylation sites is 1. The first-order chi connectivity index (χ1) is 16.5. The third-order valence-electron chi connectivity index (χ3n) is 5.80. The number of aryl methyl sites for hydroxylation is 3. The van der Waals surface area contributed by atoms with E-state index in [0.29, 0.717) is 34.9 Å². The Morgan fingerprint density at radius 3 is 2.68 bits per heavy atom. The highest BCUT2D eigenvalue weighted by Crippen LogP contribution is 2.24. The molecule has 0 aliphatic rings. The fourth-order valence-electron chi connectivity index (χ4n) is 3.91. The second-order valence-corrected chi connectivity index (χ2v) is 9.05. The van der Waals surface area contributed by atoms with Crippen molar-refractivity contribution in [1.29, 1.82) is 5.26 Å². The van der Waals surface area contributed by atoms with Crippen molar-refractivity contribution in [3.63, 3.8) is 0 Å². The van der Waals surface area contributed by atoms with Crippen LogP contribution < -0.4 is 10.5 Å². The van der Waals surface area contributed by atoms with Crippen LogP contribution in [0.3, 0.4) is 0 Å². The topological polar surface area (TPSA) is 96.3 Å². The van der Waals surface area contributed by atoms with Crippen LogP contribution in [-0.4, -0.2) is 37.4 Å². The predicted octanol–water partition coefficient (Wildman–Crippen LogP) is 4.11.